The second kappa shape index (κ2) is 5.29. The zero-order valence-corrected chi connectivity index (χ0v) is 10.6. The fraction of sp³-hybridized carbons (Fsp3) is 0.462. The number of hydrogen-bond acceptors (Lipinski definition) is 3. The van der Waals surface area contributed by atoms with Gasteiger partial charge in [-0.3, -0.25) is 9.69 Å². The van der Waals surface area contributed by atoms with Crippen LogP contribution in [-0.4, -0.2) is 35.1 Å². The van der Waals surface area contributed by atoms with Crippen LogP contribution in [-0.2, 0) is 6.54 Å². The van der Waals surface area contributed by atoms with Crippen molar-refractivity contribution in [2.75, 3.05) is 13.6 Å². The van der Waals surface area contributed by atoms with Crippen LogP contribution in [0.25, 0.3) is 0 Å². The number of likely N-dealkylation sites (N-methyl/N-ethyl adjacent to an activating group) is 1. The van der Waals surface area contributed by atoms with E-state index in [0.717, 1.165) is 5.56 Å². The van der Waals surface area contributed by atoms with Crippen LogP contribution < -0.4 is 5.73 Å². The minimum absolute atomic E-state index is 0.419. The van der Waals surface area contributed by atoms with E-state index in [9.17, 15) is 9.90 Å². The molecule has 94 valence electrons. The number of nitrogens with zero attached hydrogens (tertiary/aromatic N) is 1. The minimum atomic E-state index is -0.754. The molecular weight excluding hydrogens is 216 g/mol. The van der Waals surface area contributed by atoms with Gasteiger partial charge >= 0.3 is 0 Å². The Kier molecular flexibility index (Phi) is 4.26. The molecule has 1 rings (SSSR count). The van der Waals surface area contributed by atoms with Crippen molar-refractivity contribution in [3.63, 3.8) is 0 Å². The zero-order chi connectivity index (χ0) is 13.1. The van der Waals surface area contributed by atoms with Gasteiger partial charge in [0.05, 0.1) is 5.60 Å². The number of aliphatic hydroxyl groups is 1. The van der Waals surface area contributed by atoms with Gasteiger partial charge in [0.2, 0.25) is 5.91 Å². The Balaban J connectivity index is 2.78. The van der Waals surface area contributed by atoms with Crippen molar-refractivity contribution >= 4 is 5.91 Å². The normalized spacial score (nSPS) is 11.8. The second-order valence-electron chi connectivity index (χ2n) is 5.01. The molecule has 0 radical (unpaired) electrons. The van der Waals surface area contributed by atoms with Crippen LogP contribution in [0.2, 0.25) is 0 Å². The molecule has 17 heavy (non-hydrogen) atoms. The third-order valence-corrected chi connectivity index (χ3v) is 2.38. The summed E-state index contributed by atoms with van der Waals surface area (Å²) in [7, 11) is 1.90. The van der Waals surface area contributed by atoms with E-state index in [1.54, 1.807) is 26.0 Å². The molecule has 0 aliphatic heterocycles. The quantitative estimate of drug-likeness (QED) is 0.801. The number of benzene rings is 1. The predicted molar refractivity (Wildman–Crippen MR) is 67.6 cm³/mol. The molecule has 0 aliphatic rings. The van der Waals surface area contributed by atoms with E-state index < -0.39 is 11.5 Å². The standard InChI is InChI=1S/C13H20N2O2/c1-13(2,17)9-15(3)8-10-6-4-5-7-11(10)12(14)16/h4-7,17H,8-9H2,1-3H3,(H2,14,16). The number of nitrogens with two attached hydrogens (primary N) is 1. The van der Waals surface area contributed by atoms with Gasteiger partial charge < -0.3 is 10.8 Å². The van der Waals surface area contributed by atoms with Crippen LogP contribution in [0.5, 0.6) is 0 Å². The van der Waals surface area contributed by atoms with E-state index in [0.29, 0.717) is 18.7 Å². The largest absolute Gasteiger partial charge is 0.389 e. The fourth-order valence-corrected chi connectivity index (χ4v) is 1.91. The number of carbonyl (C=O) groups excluding carboxylic acids is 1. The Hall–Kier alpha value is -1.39. The molecule has 0 saturated carbocycles. The number of hydrogen-bond donors (Lipinski definition) is 2. The summed E-state index contributed by atoms with van der Waals surface area (Å²) in [6.07, 6.45) is 0. The van der Waals surface area contributed by atoms with Crippen LogP contribution in [0.4, 0.5) is 0 Å². The molecule has 0 unspecified atom stereocenters. The van der Waals surface area contributed by atoms with E-state index in [1.165, 1.54) is 0 Å². The van der Waals surface area contributed by atoms with E-state index in [-0.39, 0.29) is 0 Å². The smallest absolute Gasteiger partial charge is 0.249 e. The van der Waals surface area contributed by atoms with Gasteiger partial charge in [-0.1, -0.05) is 18.2 Å². The molecule has 0 saturated heterocycles. The minimum Gasteiger partial charge on any atom is -0.389 e. The Bertz CT molecular complexity index is 397. The average Bonchev–Trinajstić information content (AvgIpc) is 2.14. The van der Waals surface area contributed by atoms with Crippen molar-refractivity contribution in [2.24, 2.45) is 5.73 Å². The summed E-state index contributed by atoms with van der Waals surface area (Å²) in [6, 6.07) is 7.26. The fourth-order valence-electron chi connectivity index (χ4n) is 1.91. The maximum Gasteiger partial charge on any atom is 0.249 e. The van der Waals surface area contributed by atoms with Crippen molar-refractivity contribution in [1.29, 1.82) is 0 Å². The summed E-state index contributed by atoms with van der Waals surface area (Å²) in [6.45, 7) is 4.62. The third kappa shape index (κ3) is 4.54. The Morgan fingerprint density at radius 2 is 2.00 bits per heavy atom. The maximum absolute atomic E-state index is 11.2. The molecule has 0 heterocycles. The molecule has 3 N–H and O–H groups in total. The van der Waals surface area contributed by atoms with Crippen molar-refractivity contribution in [3.8, 4) is 0 Å². The van der Waals surface area contributed by atoms with Crippen molar-refractivity contribution in [1.82, 2.24) is 4.90 Å². The summed E-state index contributed by atoms with van der Waals surface area (Å²) in [5.74, 6) is -0.419. The lowest BCUT2D eigenvalue weighted by atomic mass is 10.1. The van der Waals surface area contributed by atoms with E-state index in [4.69, 9.17) is 5.73 Å². The first-order valence-corrected chi connectivity index (χ1v) is 5.58. The molecule has 4 heteroatoms. The van der Waals surface area contributed by atoms with Gasteiger partial charge in [0.15, 0.2) is 0 Å². The van der Waals surface area contributed by atoms with E-state index in [2.05, 4.69) is 0 Å². The SMILES string of the molecule is CN(Cc1ccccc1C(N)=O)CC(C)(C)O. The second-order valence-corrected chi connectivity index (χ2v) is 5.01. The summed E-state index contributed by atoms with van der Waals surface area (Å²) in [5.41, 5.74) is 5.98. The Morgan fingerprint density at radius 1 is 1.41 bits per heavy atom. The van der Waals surface area contributed by atoms with Crippen LogP contribution in [0, 0.1) is 0 Å². The highest BCUT2D eigenvalue weighted by Gasteiger charge is 2.17. The highest BCUT2D eigenvalue weighted by Crippen LogP contribution is 2.12. The van der Waals surface area contributed by atoms with Crippen molar-refractivity contribution in [3.05, 3.63) is 35.4 Å². The highest BCUT2D eigenvalue weighted by molar-refractivity contribution is 5.94. The number of amides is 1. The number of carbonyl (C=O) groups is 1. The molecular formula is C13H20N2O2. The van der Waals surface area contributed by atoms with Gasteiger partial charge in [-0.25, -0.2) is 0 Å². The lowest BCUT2D eigenvalue weighted by Crippen LogP contribution is -2.36. The lowest BCUT2D eigenvalue weighted by Gasteiger charge is -2.25. The molecule has 1 aromatic rings. The van der Waals surface area contributed by atoms with Crippen LogP contribution in [0.3, 0.4) is 0 Å². The summed E-state index contributed by atoms with van der Waals surface area (Å²) < 4.78 is 0. The first-order valence-electron chi connectivity index (χ1n) is 5.58. The summed E-state index contributed by atoms with van der Waals surface area (Å²) in [4.78, 5) is 13.2. The topological polar surface area (TPSA) is 66.6 Å². The van der Waals surface area contributed by atoms with Gasteiger partial charge in [-0.15, -0.1) is 0 Å². The highest BCUT2D eigenvalue weighted by atomic mass is 16.3. The molecule has 1 aromatic carbocycles. The summed E-state index contributed by atoms with van der Waals surface area (Å²) in [5, 5.41) is 9.71. The molecule has 4 nitrogen and oxygen atoms in total. The zero-order valence-electron chi connectivity index (χ0n) is 10.6. The van der Waals surface area contributed by atoms with Gasteiger partial charge in [-0.05, 0) is 32.5 Å². The van der Waals surface area contributed by atoms with Gasteiger partial charge in [0.25, 0.3) is 0 Å². The van der Waals surface area contributed by atoms with Crippen LogP contribution in [0.15, 0.2) is 24.3 Å². The van der Waals surface area contributed by atoms with E-state index >= 15 is 0 Å². The molecule has 0 fully saturated rings. The van der Waals surface area contributed by atoms with Crippen LogP contribution >= 0.6 is 0 Å². The average molecular weight is 236 g/mol. The van der Waals surface area contributed by atoms with Crippen molar-refractivity contribution in [2.45, 2.75) is 26.0 Å². The molecule has 0 aliphatic carbocycles. The molecule has 0 atom stereocenters. The van der Waals surface area contributed by atoms with Crippen LogP contribution in [0.1, 0.15) is 29.8 Å². The third-order valence-electron chi connectivity index (χ3n) is 2.38. The molecule has 0 spiro atoms. The van der Waals surface area contributed by atoms with Gasteiger partial charge in [0.1, 0.15) is 0 Å². The number of primary amides is 1. The Labute approximate surface area is 102 Å². The lowest BCUT2D eigenvalue weighted by molar-refractivity contribution is 0.0424. The predicted octanol–water partition coefficient (Wildman–Crippen LogP) is 0.988. The van der Waals surface area contributed by atoms with Gasteiger partial charge in [-0.2, -0.15) is 0 Å². The molecule has 1 amide bonds. The Morgan fingerprint density at radius 3 is 2.53 bits per heavy atom. The molecule has 0 bridgehead atoms. The number of rotatable bonds is 5. The van der Waals surface area contributed by atoms with Gasteiger partial charge in [0, 0.05) is 18.7 Å². The van der Waals surface area contributed by atoms with E-state index in [1.807, 2.05) is 24.1 Å². The summed E-state index contributed by atoms with van der Waals surface area (Å²) >= 11 is 0. The maximum atomic E-state index is 11.2. The monoisotopic (exact) mass is 236 g/mol. The van der Waals surface area contributed by atoms with Crippen molar-refractivity contribution < 1.29 is 9.90 Å². The first kappa shape index (κ1) is 13.7. The first-order chi connectivity index (χ1) is 7.79. The molecule has 0 aromatic heterocycles.